The van der Waals surface area contributed by atoms with Crippen LogP contribution in [0.2, 0.25) is 0 Å². The highest BCUT2D eigenvalue weighted by Crippen LogP contribution is 2.37. The lowest BCUT2D eigenvalue weighted by molar-refractivity contribution is -0.113. The Morgan fingerprint density at radius 2 is 1.50 bits per heavy atom. The maximum Gasteiger partial charge on any atom is 0.137 e. The smallest absolute Gasteiger partial charge is 0.137 e. The van der Waals surface area contributed by atoms with E-state index in [1.807, 2.05) is 0 Å². The summed E-state index contributed by atoms with van der Waals surface area (Å²) in [6.07, 6.45) is 5.59. The number of carbonyl (C=O) groups excluding carboxylic acids is 1. The standard InChI is InChI=1S/C28H31NO/c1-2-29(28(23-13-5-3-6-14-23)24-15-7-4-8-16-24)26(21-30)20-25-18-11-17-22-12-9-10-19-27(22)25/h3-10,12-16,19,21,25-26,28H,2,11,17-18,20H2,1H3. The van der Waals surface area contributed by atoms with E-state index < -0.39 is 0 Å². The Kier molecular flexibility index (Phi) is 6.76. The van der Waals surface area contributed by atoms with Crippen molar-refractivity contribution in [3.63, 3.8) is 0 Å². The molecule has 0 saturated heterocycles. The van der Waals surface area contributed by atoms with Crippen LogP contribution >= 0.6 is 0 Å². The SMILES string of the molecule is CCN(C(C=O)CC1CCCc2ccccc21)C(c1ccccc1)c1ccccc1. The molecule has 1 aliphatic rings. The van der Waals surface area contributed by atoms with Crippen LogP contribution in [-0.4, -0.2) is 23.8 Å². The molecular weight excluding hydrogens is 366 g/mol. The van der Waals surface area contributed by atoms with E-state index in [2.05, 4.69) is 96.8 Å². The Morgan fingerprint density at radius 1 is 0.900 bits per heavy atom. The first-order chi connectivity index (χ1) is 14.8. The monoisotopic (exact) mass is 397 g/mol. The van der Waals surface area contributed by atoms with Crippen LogP contribution in [0.5, 0.6) is 0 Å². The first kappa shape index (κ1) is 20.6. The minimum Gasteiger partial charge on any atom is -0.302 e. The van der Waals surface area contributed by atoms with Gasteiger partial charge in [0.2, 0.25) is 0 Å². The van der Waals surface area contributed by atoms with Gasteiger partial charge in [-0.1, -0.05) is 91.9 Å². The van der Waals surface area contributed by atoms with Crippen molar-refractivity contribution in [2.45, 2.75) is 50.6 Å². The van der Waals surface area contributed by atoms with Crippen molar-refractivity contribution < 1.29 is 4.79 Å². The number of benzene rings is 3. The molecule has 3 aromatic carbocycles. The predicted octanol–water partition coefficient (Wildman–Crippen LogP) is 6.18. The largest absolute Gasteiger partial charge is 0.302 e. The minimum atomic E-state index is -0.114. The lowest BCUT2D eigenvalue weighted by Gasteiger charge is -2.38. The molecule has 0 N–H and O–H groups in total. The second-order valence-electron chi connectivity index (χ2n) is 8.28. The average molecular weight is 398 g/mol. The number of rotatable bonds is 8. The Hall–Kier alpha value is -2.71. The van der Waals surface area contributed by atoms with E-state index in [4.69, 9.17) is 0 Å². The molecule has 0 heterocycles. The number of carbonyl (C=O) groups is 1. The highest BCUT2D eigenvalue weighted by molar-refractivity contribution is 5.58. The second kappa shape index (κ2) is 9.86. The Labute approximate surface area is 180 Å². The van der Waals surface area contributed by atoms with Gasteiger partial charge < -0.3 is 4.79 Å². The predicted molar refractivity (Wildman–Crippen MR) is 124 cm³/mol. The van der Waals surface area contributed by atoms with Crippen LogP contribution in [0.3, 0.4) is 0 Å². The van der Waals surface area contributed by atoms with Crippen LogP contribution in [0, 0.1) is 0 Å². The van der Waals surface area contributed by atoms with Crippen molar-refractivity contribution in [2.24, 2.45) is 0 Å². The van der Waals surface area contributed by atoms with Crippen LogP contribution in [0.4, 0.5) is 0 Å². The number of aryl methyl sites for hydroxylation is 1. The van der Waals surface area contributed by atoms with Crippen molar-refractivity contribution in [3.8, 4) is 0 Å². The van der Waals surface area contributed by atoms with Gasteiger partial charge in [0.25, 0.3) is 0 Å². The zero-order chi connectivity index (χ0) is 20.8. The van der Waals surface area contributed by atoms with Gasteiger partial charge in [-0.2, -0.15) is 0 Å². The highest BCUT2D eigenvalue weighted by Gasteiger charge is 2.31. The Bertz CT molecular complexity index is 898. The average Bonchev–Trinajstić information content (AvgIpc) is 2.82. The molecule has 2 atom stereocenters. The quantitative estimate of drug-likeness (QED) is 0.423. The maximum atomic E-state index is 12.4. The number of hydrogen-bond donors (Lipinski definition) is 0. The second-order valence-corrected chi connectivity index (χ2v) is 8.28. The third-order valence-electron chi connectivity index (χ3n) is 6.53. The summed E-state index contributed by atoms with van der Waals surface area (Å²) in [5, 5.41) is 0. The maximum absolute atomic E-state index is 12.4. The zero-order valence-corrected chi connectivity index (χ0v) is 17.8. The van der Waals surface area contributed by atoms with Crippen molar-refractivity contribution in [3.05, 3.63) is 107 Å². The minimum absolute atomic E-state index is 0.0754. The number of aldehydes is 1. The van der Waals surface area contributed by atoms with E-state index in [-0.39, 0.29) is 12.1 Å². The van der Waals surface area contributed by atoms with Crippen LogP contribution in [0.25, 0.3) is 0 Å². The fraction of sp³-hybridized carbons (Fsp3) is 0.321. The summed E-state index contributed by atoms with van der Waals surface area (Å²) in [5.41, 5.74) is 5.38. The van der Waals surface area contributed by atoms with E-state index >= 15 is 0 Å². The molecule has 1 aliphatic carbocycles. The summed E-state index contributed by atoms with van der Waals surface area (Å²) in [7, 11) is 0. The number of nitrogens with zero attached hydrogens (tertiary/aromatic N) is 1. The summed E-state index contributed by atoms with van der Waals surface area (Å²) >= 11 is 0. The molecule has 2 unspecified atom stereocenters. The molecule has 0 aliphatic heterocycles. The van der Waals surface area contributed by atoms with Crippen molar-refractivity contribution in [1.29, 1.82) is 0 Å². The summed E-state index contributed by atoms with van der Waals surface area (Å²) in [6, 6.07) is 29.9. The molecule has 0 bridgehead atoms. The van der Waals surface area contributed by atoms with E-state index in [1.54, 1.807) is 0 Å². The molecule has 0 spiro atoms. The van der Waals surface area contributed by atoms with E-state index in [0.717, 1.165) is 19.4 Å². The summed E-state index contributed by atoms with van der Waals surface area (Å²) in [6.45, 7) is 3.00. The Balaban J connectivity index is 1.67. The summed E-state index contributed by atoms with van der Waals surface area (Å²) in [4.78, 5) is 14.8. The fourth-order valence-corrected chi connectivity index (χ4v) is 5.11. The van der Waals surface area contributed by atoms with Gasteiger partial charge in [0.1, 0.15) is 6.29 Å². The fourth-order valence-electron chi connectivity index (χ4n) is 5.11. The molecule has 0 fully saturated rings. The normalized spacial score (nSPS) is 17.0. The molecule has 2 nitrogen and oxygen atoms in total. The Morgan fingerprint density at radius 3 is 2.10 bits per heavy atom. The van der Waals surface area contributed by atoms with Gasteiger partial charge in [0, 0.05) is 0 Å². The van der Waals surface area contributed by atoms with Crippen LogP contribution < -0.4 is 0 Å². The van der Waals surface area contributed by atoms with Gasteiger partial charge in [0.05, 0.1) is 12.1 Å². The zero-order valence-electron chi connectivity index (χ0n) is 17.8. The van der Waals surface area contributed by atoms with Crippen LogP contribution in [0.15, 0.2) is 84.9 Å². The third-order valence-corrected chi connectivity index (χ3v) is 6.53. The van der Waals surface area contributed by atoms with Gasteiger partial charge in [-0.05, 0) is 60.4 Å². The van der Waals surface area contributed by atoms with Gasteiger partial charge in [-0.3, -0.25) is 4.90 Å². The van der Waals surface area contributed by atoms with Crippen LogP contribution in [0.1, 0.15) is 60.4 Å². The number of hydrogen-bond acceptors (Lipinski definition) is 2. The molecule has 2 heteroatoms. The third kappa shape index (κ3) is 4.39. The van der Waals surface area contributed by atoms with Gasteiger partial charge >= 0.3 is 0 Å². The first-order valence-electron chi connectivity index (χ1n) is 11.2. The summed E-state index contributed by atoms with van der Waals surface area (Å²) in [5.74, 6) is 0.450. The first-order valence-corrected chi connectivity index (χ1v) is 11.2. The molecule has 4 rings (SSSR count). The lowest BCUT2D eigenvalue weighted by atomic mass is 9.79. The van der Waals surface area contributed by atoms with Gasteiger partial charge in [-0.25, -0.2) is 0 Å². The van der Waals surface area contributed by atoms with E-state index in [1.165, 1.54) is 41.4 Å². The molecule has 3 aromatic rings. The topological polar surface area (TPSA) is 20.3 Å². The molecular formula is C28H31NO. The van der Waals surface area contributed by atoms with Crippen molar-refractivity contribution in [2.75, 3.05) is 6.54 Å². The van der Waals surface area contributed by atoms with E-state index in [9.17, 15) is 4.79 Å². The van der Waals surface area contributed by atoms with Crippen molar-refractivity contribution in [1.82, 2.24) is 4.90 Å². The molecule has 0 aromatic heterocycles. The van der Waals surface area contributed by atoms with Crippen molar-refractivity contribution >= 4 is 6.29 Å². The molecule has 0 radical (unpaired) electrons. The molecule has 154 valence electrons. The lowest BCUT2D eigenvalue weighted by Crippen LogP contribution is -2.41. The summed E-state index contributed by atoms with van der Waals surface area (Å²) < 4.78 is 0. The van der Waals surface area contributed by atoms with Gasteiger partial charge in [0.15, 0.2) is 0 Å². The van der Waals surface area contributed by atoms with E-state index in [0.29, 0.717) is 5.92 Å². The van der Waals surface area contributed by atoms with Crippen LogP contribution in [-0.2, 0) is 11.2 Å². The molecule has 0 saturated carbocycles. The number of fused-ring (bicyclic) bond motifs is 1. The van der Waals surface area contributed by atoms with Gasteiger partial charge in [-0.15, -0.1) is 0 Å². The highest BCUT2D eigenvalue weighted by atomic mass is 16.1. The number of likely N-dealkylation sites (N-methyl/N-ethyl adjacent to an activating group) is 1. The molecule has 0 amide bonds. The molecule has 30 heavy (non-hydrogen) atoms.